The molecule has 20 heavy (non-hydrogen) atoms. The lowest BCUT2D eigenvalue weighted by Gasteiger charge is -2.14. The first-order valence-electron chi connectivity index (χ1n) is 6.03. The van der Waals surface area contributed by atoms with Crippen molar-refractivity contribution in [3.05, 3.63) is 48.9 Å². The van der Waals surface area contributed by atoms with Crippen LogP contribution < -0.4 is 5.32 Å². The standard InChI is InChI=1S/C13H14ClN3O2S/c1-7(13-8(2)20-9(3)16-13)15-11-5-4-10(14)6-12(11)17(18)19/h4-7,15H,1-3H3. The Morgan fingerprint density at radius 2 is 2.15 bits per heavy atom. The molecule has 0 spiro atoms. The Morgan fingerprint density at radius 1 is 1.45 bits per heavy atom. The molecule has 0 saturated heterocycles. The van der Waals surface area contributed by atoms with Gasteiger partial charge in [0.25, 0.3) is 5.69 Å². The third-order valence-electron chi connectivity index (χ3n) is 2.88. The topological polar surface area (TPSA) is 68.1 Å². The lowest BCUT2D eigenvalue weighted by molar-refractivity contribution is -0.384. The van der Waals surface area contributed by atoms with Crippen LogP contribution in [0.3, 0.4) is 0 Å². The van der Waals surface area contributed by atoms with Gasteiger partial charge in [-0.2, -0.15) is 0 Å². The number of nitrogens with zero attached hydrogens (tertiary/aromatic N) is 2. The SMILES string of the molecule is Cc1nc(C(C)Nc2ccc(Cl)cc2[N+](=O)[O-])c(C)s1. The molecule has 0 aliphatic carbocycles. The minimum absolute atomic E-state index is 0.0334. The first-order chi connectivity index (χ1) is 9.38. The van der Waals surface area contributed by atoms with Crippen LogP contribution in [0.1, 0.15) is 28.5 Å². The Hall–Kier alpha value is -1.66. The number of aryl methyl sites for hydroxylation is 2. The lowest BCUT2D eigenvalue weighted by atomic mass is 10.2. The molecule has 1 unspecified atom stereocenters. The van der Waals surface area contributed by atoms with Crippen molar-refractivity contribution in [3.8, 4) is 0 Å². The van der Waals surface area contributed by atoms with E-state index in [1.54, 1.807) is 23.5 Å². The highest BCUT2D eigenvalue weighted by Crippen LogP contribution is 2.32. The van der Waals surface area contributed by atoms with Crippen LogP contribution in [0.4, 0.5) is 11.4 Å². The Morgan fingerprint density at radius 3 is 2.70 bits per heavy atom. The Balaban J connectivity index is 2.30. The summed E-state index contributed by atoms with van der Waals surface area (Å²) in [7, 11) is 0. The van der Waals surface area contributed by atoms with Crippen LogP contribution >= 0.6 is 22.9 Å². The molecule has 106 valence electrons. The highest BCUT2D eigenvalue weighted by Gasteiger charge is 2.19. The van der Waals surface area contributed by atoms with E-state index in [2.05, 4.69) is 10.3 Å². The Kier molecular flexibility index (Phi) is 4.25. The highest BCUT2D eigenvalue weighted by molar-refractivity contribution is 7.11. The van der Waals surface area contributed by atoms with Gasteiger partial charge in [-0.1, -0.05) is 11.6 Å². The molecule has 0 aliphatic heterocycles. The number of nitrogens with one attached hydrogen (secondary N) is 1. The van der Waals surface area contributed by atoms with Crippen molar-refractivity contribution < 1.29 is 4.92 Å². The molecule has 5 nitrogen and oxygen atoms in total. The number of rotatable bonds is 4. The molecule has 1 heterocycles. The van der Waals surface area contributed by atoms with Crippen molar-refractivity contribution in [2.45, 2.75) is 26.8 Å². The molecule has 0 amide bonds. The summed E-state index contributed by atoms with van der Waals surface area (Å²) in [6, 6.07) is 4.48. The molecule has 1 N–H and O–H groups in total. The van der Waals surface area contributed by atoms with Crippen molar-refractivity contribution in [1.82, 2.24) is 4.98 Å². The van der Waals surface area contributed by atoms with E-state index in [4.69, 9.17) is 11.6 Å². The number of hydrogen-bond donors (Lipinski definition) is 1. The minimum atomic E-state index is -0.444. The smallest absolute Gasteiger partial charge is 0.293 e. The number of benzene rings is 1. The van der Waals surface area contributed by atoms with E-state index in [-0.39, 0.29) is 11.7 Å². The Bertz CT molecular complexity index is 657. The largest absolute Gasteiger partial charge is 0.371 e. The van der Waals surface area contributed by atoms with E-state index in [1.807, 2.05) is 20.8 Å². The molecule has 0 fully saturated rings. The molecule has 1 atom stereocenters. The average Bonchev–Trinajstić information content (AvgIpc) is 2.70. The number of nitro groups is 1. The molecule has 0 saturated carbocycles. The summed E-state index contributed by atoms with van der Waals surface area (Å²) in [5.74, 6) is 0. The van der Waals surface area contributed by atoms with Gasteiger partial charge < -0.3 is 5.32 Å². The summed E-state index contributed by atoms with van der Waals surface area (Å²) >= 11 is 7.42. The molecular weight excluding hydrogens is 298 g/mol. The van der Waals surface area contributed by atoms with E-state index < -0.39 is 4.92 Å². The average molecular weight is 312 g/mol. The van der Waals surface area contributed by atoms with Gasteiger partial charge in [-0.05, 0) is 32.9 Å². The number of thiazole rings is 1. The molecule has 0 aliphatic rings. The normalized spacial score (nSPS) is 12.2. The van der Waals surface area contributed by atoms with Crippen LogP contribution in [-0.2, 0) is 0 Å². The summed E-state index contributed by atoms with van der Waals surface area (Å²) in [6.07, 6.45) is 0. The summed E-state index contributed by atoms with van der Waals surface area (Å²) < 4.78 is 0. The molecule has 7 heteroatoms. The second-order valence-corrected chi connectivity index (χ2v) is 6.30. The van der Waals surface area contributed by atoms with E-state index in [0.29, 0.717) is 10.7 Å². The van der Waals surface area contributed by atoms with Crippen LogP contribution in [0.2, 0.25) is 5.02 Å². The molecule has 1 aromatic heterocycles. The fraction of sp³-hybridized carbons (Fsp3) is 0.308. The zero-order valence-electron chi connectivity index (χ0n) is 11.3. The van der Waals surface area contributed by atoms with Crippen molar-refractivity contribution in [3.63, 3.8) is 0 Å². The van der Waals surface area contributed by atoms with Gasteiger partial charge >= 0.3 is 0 Å². The predicted octanol–water partition coefficient (Wildman–Crippen LogP) is 4.49. The van der Waals surface area contributed by atoms with Crippen LogP contribution in [0.5, 0.6) is 0 Å². The fourth-order valence-electron chi connectivity index (χ4n) is 2.03. The molecule has 0 bridgehead atoms. The quantitative estimate of drug-likeness (QED) is 0.667. The second-order valence-electron chi connectivity index (χ2n) is 4.46. The van der Waals surface area contributed by atoms with Gasteiger partial charge in [-0.25, -0.2) is 4.98 Å². The highest BCUT2D eigenvalue weighted by atomic mass is 35.5. The Labute approximate surface area is 125 Å². The number of anilines is 1. The maximum atomic E-state index is 11.1. The van der Waals surface area contributed by atoms with Crippen LogP contribution in [0.25, 0.3) is 0 Å². The molecular formula is C13H14ClN3O2S. The van der Waals surface area contributed by atoms with Gasteiger partial charge in [0.15, 0.2) is 0 Å². The van der Waals surface area contributed by atoms with E-state index >= 15 is 0 Å². The van der Waals surface area contributed by atoms with Crippen LogP contribution in [-0.4, -0.2) is 9.91 Å². The van der Waals surface area contributed by atoms with Crippen molar-refractivity contribution in [2.24, 2.45) is 0 Å². The van der Waals surface area contributed by atoms with E-state index in [0.717, 1.165) is 15.6 Å². The van der Waals surface area contributed by atoms with Gasteiger partial charge in [-0.15, -0.1) is 11.3 Å². The maximum Gasteiger partial charge on any atom is 0.293 e. The van der Waals surface area contributed by atoms with Gasteiger partial charge in [0.1, 0.15) is 5.69 Å². The van der Waals surface area contributed by atoms with Crippen LogP contribution in [0, 0.1) is 24.0 Å². The van der Waals surface area contributed by atoms with E-state index in [1.165, 1.54) is 6.07 Å². The maximum absolute atomic E-state index is 11.1. The number of aromatic nitrogens is 1. The van der Waals surface area contributed by atoms with Gasteiger partial charge in [0.05, 0.1) is 21.7 Å². The number of nitro benzene ring substituents is 1. The van der Waals surface area contributed by atoms with Crippen molar-refractivity contribution in [1.29, 1.82) is 0 Å². The first-order valence-corrected chi connectivity index (χ1v) is 7.22. The second kappa shape index (κ2) is 5.76. The zero-order chi connectivity index (χ0) is 14.9. The van der Waals surface area contributed by atoms with Gasteiger partial charge in [0.2, 0.25) is 0 Å². The van der Waals surface area contributed by atoms with Crippen molar-refractivity contribution in [2.75, 3.05) is 5.32 Å². The summed E-state index contributed by atoms with van der Waals surface area (Å²) in [6.45, 7) is 5.87. The minimum Gasteiger partial charge on any atom is -0.371 e. The van der Waals surface area contributed by atoms with Crippen LogP contribution in [0.15, 0.2) is 18.2 Å². The van der Waals surface area contributed by atoms with Crippen molar-refractivity contribution >= 4 is 34.3 Å². The summed E-state index contributed by atoms with van der Waals surface area (Å²) in [4.78, 5) is 16.2. The third kappa shape index (κ3) is 3.08. The number of halogens is 1. The summed E-state index contributed by atoms with van der Waals surface area (Å²) in [5, 5.41) is 15.5. The molecule has 2 rings (SSSR count). The lowest BCUT2D eigenvalue weighted by Crippen LogP contribution is -2.09. The first kappa shape index (κ1) is 14.7. The molecule has 2 aromatic rings. The van der Waals surface area contributed by atoms with Gasteiger partial charge in [0, 0.05) is 16.0 Å². The summed E-state index contributed by atoms with van der Waals surface area (Å²) in [5.41, 5.74) is 1.32. The monoisotopic (exact) mass is 311 g/mol. The predicted molar refractivity (Wildman–Crippen MR) is 81.7 cm³/mol. The molecule has 1 aromatic carbocycles. The zero-order valence-corrected chi connectivity index (χ0v) is 12.9. The van der Waals surface area contributed by atoms with Gasteiger partial charge in [-0.3, -0.25) is 10.1 Å². The van der Waals surface area contributed by atoms with E-state index in [9.17, 15) is 10.1 Å². The fourth-order valence-corrected chi connectivity index (χ4v) is 3.11. The third-order valence-corrected chi connectivity index (χ3v) is 4.02. The number of hydrogen-bond acceptors (Lipinski definition) is 5. The molecule has 0 radical (unpaired) electrons.